The van der Waals surface area contributed by atoms with Gasteiger partial charge in [0.05, 0.1) is 0 Å². The summed E-state index contributed by atoms with van der Waals surface area (Å²) in [4.78, 5) is 6.79. The minimum atomic E-state index is 0.342. The number of aryl methyl sites for hydroxylation is 2. The lowest BCUT2D eigenvalue weighted by molar-refractivity contribution is 0.910. The van der Waals surface area contributed by atoms with E-state index >= 15 is 0 Å². The fourth-order valence-electron chi connectivity index (χ4n) is 2.31. The van der Waals surface area contributed by atoms with Crippen molar-refractivity contribution < 1.29 is 0 Å². The van der Waals surface area contributed by atoms with Crippen LogP contribution in [0.5, 0.6) is 0 Å². The van der Waals surface area contributed by atoms with Crippen molar-refractivity contribution in [2.75, 3.05) is 11.9 Å². The quantitative estimate of drug-likeness (QED) is 0.877. The number of nitrogens with two attached hydrogens (primary N) is 1. The highest BCUT2D eigenvalue weighted by molar-refractivity contribution is 7.80. The molecule has 0 fully saturated rings. The molecule has 0 aliphatic rings. The highest BCUT2D eigenvalue weighted by Crippen LogP contribution is 2.20. The molecule has 2 rings (SSSR count). The second kappa shape index (κ2) is 6.01. The van der Waals surface area contributed by atoms with Gasteiger partial charge in [-0.05, 0) is 43.2 Å². The van der Waals surface area contributed by atoms with Gasteiger partial charge < -0.3 is 10.6 Å². The molecule has 1 aromatic carbocycles. The Morgan fingerprint density at radius 2 is 1.90 bits per heavy atom. The van der Waals surface area contributed by atoms with Gasteiger partial charge in [0.1, 0.15) is 10.7 Å². The average molecular weight is 285 g/mol. The highest BCUT2D eigenvalue weighted by atomic mass is 32.1. The number of aromatic nitrogens is 1. The molecule has 20 heavy (non-hydrogen) atoms. The smallest absolute Gasteiger partial charge is 0.123 e. The zero-order valence-electron chi connectivity index (χ0n) is 12.1. The molecule has 1 aromatic heterocycles. The lowest BCUT2D eigenvalue weighted by Gasteiger charge is -2.21. The van der Waals surface area contributed by atoms with Gasteiger partial charge in [-0.2, -0.15) is 0 Å². The lowest BCUT2D eigenvalue weighted by atomic mass is 10.1. The van der Waals surface area contributed by atoms with Crippen LogP contribution in [0, 0.1) is 13.8 Å². The summed E-state index contributed by atoms with van der Waals surface area (Å²) in [6.45, 7) is 4.94. The summed E-state index contributed by atoms with van der Waals surface area (Å²) >= 11 is 5.06. The summed E-state index contributed by atoms with van der Waals surface area (Å²) in [7, 11) is 2.06. The third-order valence-electron chi connectivity index (χ3n) is 3.18. The van der Waals surface area contributed by atoms with E-state index in [1.807, 2.05) is 12.1 Å². The Kier molecular flexibility index (Phi) is 4.35. The van der Waals surface area contributed by atoms with Crippen LogP contribution >= 0.6 is 12.2 Å². The van der Waals surface area contributed by atoms with Crippen LogP contribution in [0.1, 0.15) is 22.4 Å². The van der Waals surface area contributed by atoms with Gasteiger partial charge in [-0.1, -0.05) is 24.4 Å². The van der Waals surface area contributed by atoms with Gasteiger partial charge in [0.15, 0.2) is 0 Å². The number of nitrogens with zero attached hydrogens (tertiary/aromatic N) is 2. The third kappa shape index (κ3) is 3.33. The molecular formula is C16H19N3S. The Morgan fingerprint density at radius 1 is 1.25 bits per heavy atom. The zero-order valence-corrected chi connectivity index (χ0v) is 12.9. The molecule has 0 spiro atoms. The van der Waals surface area contributed by atoms with Crippen LogP contribution in [-0.2, 0) is 6.54 Å². The topological polar surface area (TPSA) is 42.2 Å². The number of hydrogen-bond acceptors (Lipinski definition) is 3. The number of hydrogen-bond donors (Lipinski definition) is 1. The van der Waals surface area contributed by atoms with Gasteiger partial charge in [-0.3, -0.25) is 4.98 Å². The number of pyridine rings is 1. The van der Waals surface area contributed by atoms with E-state index in [0.717, 1.165) is 12.1 Å². The molecule has 104 valence electrons. The Labute approximate surface area is 125 Å². The first-order valence-electron chi connectivity index (χ1n) is 6.50. The van der Waals surface area contributed by atoms with E-state index in [1.54, 1.807) is 6.20 Å². The Hall–Kier alpha value is -1.94. The van der Waals surface area contributed by atoms with Crippen LogP contribution < -0.4 is 10.6 Å². The van der Waals surface area contributed by atoms with Crippen molar-refractivity contribution >= 4 is 22.9 Å². The molecular weight excluding hydrogens is 266 g/mol. The molecule has 0 aliphatic heterocycles. The third-order valence-corrected chi connectivity index (χ3v) is 3.37. The first-order chi connectivity index (χ1) is 9.47. The molecule has 2 aromatic rings. The maximum atomic E-state index is 5.73. The van der Waals surface area contributed by atoms with Crippen molar-refractivity contribution in [3.05, 3.63) is 58.9 Å². The zero-order chi connectivity index (χ0) is 14.7. The molecule has 0 unspecified atom stereocenters. The van der Waals surface area contributed by atoms with Crippen molar-refractivity contribution in [1.29, 1.82) is 0 Å². The van der Waals surface area contributed by atoms with E-state index in [4.69, 9.17) is 18.0 Å². The molecule has 0 bridgehead atoms. The van der Waals surface area contributed by atoms with Crippen molar-refractivity contribution in [3.8, 4) is 0 Å². The van der Waals surface area contributed by atoms with Gasteiger partial charge in [0, 0.05) is 31.0 Å². The fraction of sp³-hybridized carbons (Fsp3) is 0.250. The SMILES string of the molecule is Cc1cc(C)cc(N(C)Cc2cccnc2C(N)=S)c1. The standard InChI is InChI=1S/C16H19N3S/c1-11-7-12(2)9-14(8-11)19(3)10-13-5-4-6-18-15(13)16(17)20/h4-9H,10H2,1-3H3,(H2,17,20). The maximum absolute atomic E-state index is 5.73. The summed E-state index contributed by atoms with van der Waals surface area (Å²) in [5, 5.41) is 0. The normalized spacial score (nSPS) is 10.3. The van der Waals surface area contributed by atoms with Crippen LogP contribution in [0.15, 0.2) is 36.5 Å². The fourth-order valence-corrected chi connectivity index (χ4v) is 2.49. The molecule has 4 heteroatoms. The van der Waals surface area contributed by atoms with Crippen LogP contribution in [0.25, 0.3) is 0 Å². The minimum Gasteiger partial charge on any atom is -0.388 e. The van der Waals surface area contributed by atoms with Crippen molar-refractivity contribution in [3.63, 3.8) is 0 Å². The maximum Gasteiger partial charge on any atom is 0.123 e. The summed E-state index contributed by atoms with van der Waals surface area (Å²) in [5.41, 5.74) is 11.2. The van der Waals surface area contributed by atoms with Gasteiger partial charge >= 0.3 is 0 Å². The van der Waals surface area contributed by atoms with Crippen LogP contribution in [0.4, 0.5) is 5.69 Å². The second-order valence-corrected chi connectivity index (χ2v) is 5.52. The molecule has 0 radical (unpaired) electrons. The molecule has 0 saturated carbocycles. The van der Waals surface area contributed by atoms with E-state index in [9.17, 15) is 0 Å². The first-order valence-corrected chi connectivity index (χ1v) is 6.91. The number of anilines is 1. The Balaban J connectivity index is 2.28. The molecule has 2 N–H and O–H groups in total. The average Bonchev–Trinajstić information content (AvgIpc) is 2.37. The molecule has 0 saturated heterocycles. The van der Waals surface area contributed by atoms with Crippen LogP contribution in [-0.4, -0.2) is 17.0 Å². The van der Waals surface area contributed by atoms with Crippen LogP contribution in [0.3, 0.4) is 0 Å². The summed E-state index contributed by atoms with van der Waals surface area (Å²) < 4.78 is 0. The summed E-state index contributed by atoms with van der Waals surface area (Å²) in [6, 6.07) is 10.4. The Bertz CT molecular complexity index is 617. The number of rotatable bonds is 4. The van der Waals surface area contributed by atoms with Gasteiger partial charge in [-0.25, -0.2) is 0 Å². The molecule has 0 aliphatic carbocycles. The van der Waals surface area contributed by atoms with E-state index in [0.29, 0.717) is 10.7 Å². The highest BCUT2D eigenvalue weighted by Gasteiger charge is 2.09. The minimum absolute atomic E-state index is 0.342. The van der Waals surface area contributed by atoms with E-state index in [-0.39, 0.29) is 0 Å². The van der Waals surface area contributed by atoms with Crippen molar-refractivity contribution in [2.24, 2.45) is 5.73 Å². The van der Waals surface area contributed by atoms with Gasteiger partial charge in [0.2, 0.25) is 0 Å². The monoisotopic (exact) mass is 285 g/mol. The molecule has 3 nitrogen and oxygen atoms in total. The number of benzene rings is 1. The number of thiocarbonyl (C=S) groups is 1. The van der Waals surface area contributed by atoms with Crippen molar-refractivity contribution in [2.45, 2.75) is 20.4 Å². The van der Waals surface area contributed by atoms with E-state index in [1.165, 1.54) is 16.8 Å². The largest absolute Gasteiger partial charge is 0.388 e. The predicted molar refractivity (Wildman–Crippen MR) is 88.1 cm³/mol. The second-order valence-electron chi connectivity index (χ2n) is 5.08. The Morgan fingerprint density at radius 3 is 2.50 bits per heavy atom. The molecule has 0 amide bonds. The lowest BCUT2D eigenvalue weighted by Crippen LogP contribution is -2.21. The van der Waals surface area contributed by atoms with Crippen LogP contribution in [0.2, 0.25) is 0 Å². The molecule has 0 atom stereocenters. The molecule has 1 heterocycles. The first kappa shape index (κ1) is 14.5. The van der Waals surface area contributed by atoms with E-state index < -0.39 is 0 Å². The van der Waals surface area contributed by atoms with E-state index in [2.05, 4.69) is 49.0 Å². The predicted octanol–water partition coefficient (Wildman–Crippen LogP) is 2.97. The summed E-state index contributed by atoms with van der Waals surface area (Å²) in [6.07, 6.45) is 1.72. The van der Waals surface area contributed by atoms with Gasteiger partial charge in [-0.15, -0.1) is 0 Å². The van der Waals surface area contributed by atoms with Gasteiger partial charge in [0.25, 0.3) is 0 Å². The van der Waals surface area contributed by atoms with Crippen molar-refractivity contribution in [1.82, 2.24) is 4.98 Å². The summed E-state index contributed by atoms with van der Waals surface area (Å²) in [5.74, 6) is 0.